The molecule has 49 heavy (non-hydrogen) atoms. The van der Waals surface area contributed by atoms with Crippen molar-refractivity contribution in [1.82, 2.24) is 31.2 Å². The second-order valence-corrected chi connectivity index (χ2v) is 13.1. The SMILES string of the molecule is CCNC(=O)C1CCC(CNC(=O)N/N=C(\C(=O)Nc2ccn(C)n2)C2(NC(=O)OCC3c4ccccc4-c4ccccc43)CCC2)CC1. The van der Waals surface area contributed by atoms with Gasteiger partial charge in [-0.05, 0) is 80.0 Å². The largest absolute Gasteiger partial charge is 0.449 e. The van der Waals surface area contributed by atoms with Crippen LogP contribution < -0.4 is 26.7 Å². The number of hydrogen-bond acceptors (Lipinski definition) is 7. The van der Waals surface area contributed by atoms with Crippen molar-refractivity contribution in [2.75, 3.05) is 25.0 Å². The molecule has 13 heteroatoms. The molecule has 0 atom stereocenters. The summed E-state index contributed by atoms with van der Waals surface area (Å²) in [4.78, 5) is 52.1. The number of hydrazone groups is 1. The van der Waals surface area contributed by atoms with Crippen LogP contribution in [-0.4, -0.2) is 64.7 Å². The standard InChI is InChI=1S/C36H44N8O5/c1-3-37-32(45)24-15-13-23(14-16-24)21-38-34(47)42-41-31(33(46)39-30-17-20-44(2)43-30)36(18-8-19-36)40-35(48)49-22-29-27-11-6-4-9-25(27)26-10-5-7-12-28(26)29/h4-7,9-12,17,20,23-24,29H,3,8,13-16,18-19,21-22H2,1-2H3,(H,37,45)(H,40,48)(H2,38,42,47)(H,39,43,46)/b41-31+. The van der Waals surface area contributed by atoms with Crippen LogP contribution in [0.4, 0.5) is 15.4 Å². The topological polar surface area (TPSA) is 168 Å². The second-order valence-electron chi connectivity index (χ2n) is 13.1. The lowest BCUT2D eigenvalue weighted by Gasteiger charge is -2.41. The lowest BCUT2D eigenvalue weighted by molar-refractivity contribution is -0.126. The van der Waals surface area contributed by atoms with Crippen molar-refractivity contribution in [1.29, 1.82) is 0 Å². The van der Waals surface area contributed by atoms with Gasteiger partial charge in [-0.3, -0.25) is 14.3 Å². The Balaban J connectivity index is 1.11. The predicted octanol–water partition coefficient (Wildman–Crippen LogP) is 4.42. The molecule has 0 radical (unpaired) electrons. The number of fused-ring (bicyclic) bond motifs is 3. The van der Waals surface area contributed by atoms with Crippen molar-refractivity contribution in [3.05, 3.63) is 71.9 Å². The first-order valence-corrected chi connectivity index (χ1v) is 17.1. The Labute approximate surface area is 285 Å². The first-order valence-electron chi connectivity index (χ1n) is 17.1. The molecule has 1 aromatic heterocycles. The number of ether oxygens (including phenoxy) is 1. The number of urea groups is 1. The number of carbonyl (C=O) groups is 4. The van der Waals surface area contributed by atoms with E-state index in [1.54, 1.807) is 24.0 Å². The molecule has 258 valence electrons. The Kier molecular flexibility index (Phi) is 10.3. The summed E-state index contributed by atoms with van der Waals surface area (Å²) in [5, 5.41) is 19.9. The number of rotatable bonds is 11. The van der Waals surface area contributed by atoms with Crippen molar-refractivity contribution in [2.45, 2.75) is 63.3 Å². The van der Waals surface area contributed by atoms with Gasteiger partial charge in [0.2, 0.25) is 5.91 Å². The van der Waals surface area contributed by atoms with Gasteiger partial charge < -0.3 is 26.0 Å². The number of benzene rings is 2. The zero-order valence-corrected chi connectivity index (χ0v) is 28.0. The summed E-state index contributed by atoms with van der Waals surface area (Å²) in [5.74, 6) is -0.0677. The van der Waals surface area contributed by atoms with Crippen LogP contribution in [-0.2, 0) is 21.4 Å². The van der Waals surface area contributed by atoms with Crippen LogP contribution in [0.2, 0.25) is 0 Å². The highest BCUT2D eigenvalue weighted by Gasteiger charge is 2.47. The molecular weight excluding hydrogens is 624 g/mol. The minimum Gasteiger partial charge on any atom is -0.449 e. The molecule has 0 bridgehead atoms. The van der Waals surface area contributed by atoms with Gasteiger partial charge in [0, 0.05) is 44.2 Å². The summed E-state index contributed by atoms with van der Waals surface area (Å²) >= 11 is 0. The maximum atomic E-state index is 13.6. The van der Waals surface area contributed by atoms with Gasteiger partial charge in [-0.2, -0.15) is 10.2 Å². The van der Waals surface area contributed by atoms with Crippen LogP contribution in [0.15, 0.2) is 65.9 Å². The third-order valence-corrected chi connectivity index (χ3v) is 9.90. The van der Waals surface area contributed by atoms with Crippen molar-refractivity contribution in [3.8, 4) is 11.1 Å². The highest BCUT2D eigenvalue weighted by Crippen LogP contribution is 2.44. The van der Waals surface area contributed by atoms with Gasteiger partial charge in [-0.25, -0.2) is 15.0 Å². The molecule has 1 heterocycles. The van der Waals surface area contributed by atoms with E-state index in [4.69, 9.17) is 4.74 Å². The van der Waals surface area contributed by atoms with Crippen LogP contribution in [0, 0.1) is 11.8 Å². The van der Waals surface area contributed by atoms with Gasteiger partial charge >= 0.3 is 12.1 Å². The lowest BCUT2D eigenvalue weighted by Crippen LogP contribution is -2.62. The van der Waals surface area contributed by atoms with Gasteiger partial charge in [0.05, 0.1) is 5.54 Å². The van der Waals surface area contributed by atoms with Gasteiger partial charge in [-0.15, -0.1) is 0 Å². The fourth-order valence-corrected chi connectivity index (χ4v) is 7.14. The summed E-state index contributed by atoms with van der Waals surface area (Å²) < 4.78 is 7.36. The number of alkyl carbamates (subject to hydrolysis) is 1. The van der Waals surface area contributed by atoms with E-state index in [2.05, 4.69) is 61.2 Å². The molecule has 2 fully saturated rings. The van der Waals surface area contributed by atoms with Crippen molar-refractivity contribution < 1.29 is 23.9 Å². The molecule has 13 nitrogen and oxygen atoms in total. The molecule has 0 aliphatic heterocycles. The Morgan fingerprint density at radius 2 is 1.61 bits per heavy atom. The molecule has 3 aromatic rings. The van der Waals surface area contributed by atoms with Crippen molar-refractivity contribution in [2.24, 2.45) is 24.0 Å². The number of anilines is 1. The number of aromatic nitrogens is 2. The monoisotopic (exact) mass is 668 g/mol. The van der Waals surface area contributed by atoms with Crippen LogP contribution in [0.5, 0.6) is 0 Å². The smallest absolute Gasteiger partial charge is 0.407 e. The lowest BCUT2D eigenvalue weighted by atomic mass is 9.73. The zero-order valence-electron chi connectivity index (χ0n) is 28.0. The molecule has 0 spiro atoms. The number of aryl methyl sites for hydroxylation is 1. The minimum atomic E-state index is -1.15. The third kappa shape index (κ3) is 7.60. The normalized spacial score (nSPS) is 19.4. The molecule has 0 saturated heterocycles. The fourth-order valence-electron chi connectivity index (χ4n) is 7.14. The first-order chi connectivity index (χ1) is 23.8. The van der Waals surface area contributed by atoms with E-state index in [0.717, 1.165) is 54.4 Å². The molecular formula is C36H44N8O5. The Morgan fingerprint density at radius 3 is 2.20 bits per heavy atom. The fraction of sp³-hybridized carbons (Fsp3) is 0.444. The maximum absolute atomic E-state index is 13.6. The molecule has 3 aliphatic carbocycles. The van der Waals surface area contributed by atoms with Crippen LogP contribution in [0.3, 0.4) is 0 Å². The Bertz CT molecular complexity index is 1680. The second kappa shape index (κ2) is 14.9. The molecule has 2 saturated carbocycles. The van der Waals surface area contributed by atoms with Gasteiger partial charge in [0.1, 0.15) is 6.61 Å². The average Bonchev–Trinajstić information content (AvgIpc) is 3.65. The minimum absolute atomic E-state index is 0.0115. The molecule has 0 unspecified atom stereocenters. The van der Waals surface area contributed by atoms with Gasteiger partial charge in [0.25, 0.3) is 5.91 Å². The highest BCUT2D eigenvalue weighted by molar-refractivity contribution is 6.46. The Morgan fingerprint density at radius 1 is 0.939 bits per heavy atom. The van der Waals surface area contributed by atoms with E-state index in [0.29, 0.717) is 31.7 Å². The Hall–Kier alpha value is -5.20. The van der Waals surface area contributed by atoms with E-state index in [-0.39, 0.29) is 36.0 Å². The summed E-state index contributed by atoms with van der Waals surface area (Å²) in [7, 11) is 1.73. The number of nitrogens with zero attached hydrogens (tertiary/aromatic N) is 3. The number of carbonyl (C=O) groups excluding carboxylic acids is 4. The van der Waals surface area contributed by atoms with Crippen molar-refractivity contribution >= 4 is 35.5 Å². The van der Waals surface area contributed by atoms with E-state index in [1.807, 2.05) is 31.2 Å². The first kappa shape index (κ1) is 33.7. The average molecular weight is 669 g/mol. The molecule has 5 N–H and O–H groups in total. The predicted molar refractivity (Wildman–Crippen MR) is 185 cm³/mol. The highest BCUT2D eigenvalue weighted by atomic mass is 16.5. The van der Waals surface area contributed by atoms with E-state index in [1.165, 1.54) is 0 Å². The van der Waals surface area contributed by atoms with E-state index in [9.17, 15) is 19.2 Å². The quantitative estimate of drug-likeness (QED) is 0.150. The number of hydrogen-bond donors (Lipinski definition) is 5. The zero-order chi connectivity index (χ0) is 34.4. The molecule has 3 aliphatic rings. The summed E-state index contributed by atoms with van der Waals surface area (Å²) in [5.41, 5.74) is 5.72. The van der Waals surface area contributed by atoms with Crippen LogP contribution in [0.1, 0.15) is 68.9 Å². The molecule has 2 aromatic carbocycles. The summed E-state index contributed by atoms with van der Waals surface area (Å²) in [6.07, 6.45) is 5.84. The maximum Gasteiger partial charge on any atom is 0.407 e. The number of amides is 5. The van der Waals surface area contributed by atoms with E-state index >= 15 is 0 Å². The van der Waals surface area contributed by atoms with Crippen molar-refractivity contribution in [3.63, 3.8) is 0 Å². The molecule has 6 rings (SSSR count). The van der Waals surface area contributed by atoms with Gasteiger partial charge in [-0.1, -0.05) is 48.5 Å². The third-order valence-electron chi connectivity index (χ3n) is 9.90. The number of nitrogens with one attached hydrogen (secondary N) is 5. The summed E-state index contributed by atoms with van der Waals surface area (Å²) in [6, 6.07) is 17.3. The summed E-state index contributed by atoms with van der Waals surface area (Å²) in [6.45, 7) is 3.06. The van der Waals surface area contributed by atoms with Crippen LogP contribution >= 0.6 is 0 Å². The molecule has 5 amide bonds. The van der Waals surface area contributed by atoms with Gasteiger partial charge in [0.15, 0.2) is 11.5 Å². The van der Waals surface area contributed by atoms with E-state index < -0.39 is 23.6 Å². The van der Waals surface area contributed by atoms with Crippen LogP contribution in [0.25, 0.3) is 11.1 Å².